The van der Waals surface area contributed by atoms with Gasteiger partial charge in [-0.1, -0.05) is 66.7 Å². The molecule has 0 aliphatic rings. The maximum atomic E-state index is 12.6. The van der Waals surface area contributed by atoms with E-state index in [9.17, 15) is 4.79 Å². The molecule has 178 valence electrons. The zero-order valence-corrected chi connectivity index (χ0v) is 19.8. The Bertz CT molecular complexity index is 1660. The number of hydrogen-bond donors (Lipinski definition) is 1. The quantitative estimate of drug-likeness (QED) is 0.329. The van der Waals surface area contributed by atoms with Crippen LogP contribution in [0.1, 0.15) is 5.56 Å². The first kappa shape index (κ1) is 22.3. The van der Waals surface area contributed by atoms with Crippen molar-refractivity contribution in [3.63, 3.8) is 0 Å². The van der Waals surface area contributed by atoms with Crippen LogP contribution in [-0.4, -0.2) is 30.7 Å². The first-order valence-corrected chi connectivity index (χ1v) is 11.9. The third-order valence-corrected chi connectivity index (χ3v) is 6.09. The molecule has 37 heavy (non-hydrogen) atoms. The third-order valence-electron chi connectivity index (χ3n) is 6.09. The number of fused-ring (bicyclic) bond motifs is 1. The number of anilines is 1. The van der Waals surface area contributed by atoms with E-state index in [1.165, 1.54) is 0 Å². The first-order valence-electron chi connectivity index (χ1n) is 11.9. The van der Waals surface area contributed by atoms with Crippen LogP contribution < -0.4 is 5.32 Å². The normalized spacial score (nSPS) is 10.9. The molecule has 0 radical (unpaired) electrons. The van der Waals surface area contributed by atoms with E-state index < -0.39 is 0 Å². The van der Waals surface area contributed by atoms with Gasteiger partial charge >= 0.3 is 0 Å². The smallest absolute Gasteiger partial charge is 0.228 e. The molecule has 0 aliphatic heterocycles. The Morgan fingerprint density at radius 3 is 2.14 bits per heavy atom. The standard InChI is InChI=1S/C30H22N6O/c37-29(20-21-6-8-23(9-7-21)22-4-2-1-3-5-22)32-26-12-10-24(11-13-26)27-14-15-28-33-34-30(36(28)35-27)25-16-18-31-19-17-25/h1-19H,20H2,(H,32,37). The van der Waals surface area contributed by atoms with Gasteiger partial charge in [-0.25, -0.2) is 0 Å². The van der Waals surface area contributed by atoms with E-state index >= 15 is 0 Å². The van der Waals surface area contributed by atoms with Crippen LogP contribution in [0.4, 0.5) is 5.69 Å². The molecule has 1 amide bonds. The van der Waals surface area contributed by atoms with Gasteiger partial charge in [0.2, 0.25) is 5.91 Å². The molecule has 0 unspecified atom stereocenters. The summed E-state index contributed by atoms with van der Waals surface area (Å²) in [6, 6.07) is 33.5. The van der Waals surface area contributed by atoms with Crippen LogP contribution in [0, 0.1) is 0 Å². The van der Waals surface area contributed by atoms with Crippen LogP contribution in [-0.2, 0) is 11.2 Å². The van der Waals surface area contributed by atoms with Crippen LogP contribution in [0.15, 0.2) is 116 Å². The third kappa shape index (κ3) is 4.83. The van der Waals surface area contributed by atoms with Gasteiger partial charge in [-0.3, -0.25) is 9.78 Å². The highest BCUT2D eigenvalue weighted by atomic mass is 16.1. The zero-order valence-electron chi connectivity index (χ0n) is 19.8. The van der Waals surface area contributed by atoms with Gasteiger partial charge < -0.3 is 5.32 Å². The topological polar surface area (TPSA) is 85.1 Å². The maximum absolute atomic E-state index is 12.6. The van der Waals surface area contributed by atoms with Crippen molar-refractivity contribution in [2.75, 3.05) is 5.32 Å². The Labute approximate surface area is 213 Å². The lowest BCUT2D eigenvalue weighted by atomic mass is 10.0. The molecule has 6 rings (SSSR count). The molecule has 0 bridgehead atoms. The van der Waals surface area contributed by atoms with Crippen LogP contribution in [0.5, 0.6) is 0 Å². The first-order chi connectivity index (χ1) is 18.2. The van der Waals surface area contributed by atoms with Gasteiger partial charge in [0.15, 0.2) is 11.5 Å². The highest BCUT2D eigenvalue weighted by Gasteiger charge is 2.11. The minimum Gasteiger partial charge on any atom is -0.326 e. The predicted octanol–water partition coefficient (Wildman–Crippen LogP) is 5.70. The van der Waals surface area contributed by atoms with Crippen molar-refractivity contribution in [3.8, 4) is 33.8 Å². The summed E-state index contributed by atoms with van der Waals surface area (Å²) in [6.07, 6.45) is 3.74. The molecular weight excluding hydrogens is 460 g/mol. The van der Waals surface area contributed by atoms with Gasteiger partial charge in [-0.05, 0) is 53.1 Å². The summed E-state index contributed by atoms with van der Waals surface area (Å²) in [5.74, 6) is 0.589. The Morgan fingerprint density at radius 2 is 1.38 bits per heavy atom. The minimum absolute atomic E-state index is 0.0637. The van der Waals surface area contributed by atoms with E-state index in [-0.39, 0.29) is 5.91 Å². The number of carbonyl (C=O) groups is 1. The Morgan fingerprint density at radius 1 is 0.676 bits per heavy atom. The number of carbonyl (C=O) groups excluding carboxylic acids is 1. The molecule has 0 saturated carbocycles. The molecule has 3 heterocycles. The van der Waals surface area contributed by atoms with E-state index in [1.807, 2.05) is 91.0 Å². The number of nitrogens with zero attached hydrogens (tertiary/aromatic N) is 5. The van der Waals surface area contributed by atoms with Crippen LogP contribution >= 0.6 is 0 Å². The largest absolute Gasteiger partial charge is 0.326 e. The SMILES string of the molecule is O=C(Cc1ccc(-c2ccccc2)cc1)Nc1ccc(-c2ccc3nnc(-c4ccncc4)n3n2)cc1. The summed E-state index contributed by atoms with van der Waals surface area (Å²) in [5, 5.41) is 16.2. The Balaban J connectivity index is 1.14. The minimum atomic E-state index is -0.0637. The van der Waals surface area contributed by atoms with Crippen LogP contribution in [0.3, 0.4) is 0 Å². The van der Waals surface area contributed by atoms with Crippen molar-refractivity contribution in [3.05, 3.63) is 121 Å². The number of pyridine rings is 1. The molecule has 3 aromatic carbocycles. The molecule has 0 atom stereocenters. The second kappa shape index (κ2) is 9.83. The lowest BCUT2D eigenvalue weighted by Crippen LogP contribution is -2.14. The summed E-state index contributed by atoms with van der Waals surface area (Å²) in [6.45, 7) is 0. The van der Waals surface area contributed by atoms with Crippen molar-refractivity contribution in [2.45, 2.75) is 6.42 Å². The average Bonchev–Trinajstić information content (AvgIpc) is 3.38. The fourth-order valence-corrected chi connectivity index (χ4v) is 4.18. The van der Waals surface area contributed by atoms with E-state index in [0.29, 0.717) is 17.9 Å². The van der Waals surface area contributed by atoms with Gasteiger partial charge in [0.25, 0.3) is 0 Å². The van der Waals surface area contributed by atoms with Gasteiger partial charge in [0.05, 0.1) is 12.1 Å². The molecule has 3 aromatic heterocycles. The molecule has 0 spiro atoms. The van der Waals surface area contributed by atoms with E-state index in [4.69, 9.17) is 5.10 Å². The van der Waals surface area contributed by atoms with Crippen molar-refractivity contribution in [1.29, 1.82) is 0 Å². The molecule has 6 aromatic rings. The second-order valence-electron chi connectivity index (χ2n) is 8.61. The van der Waals surface area contributed by atoms with Gasteiger partial charge in [0.1, 0.15) is 0 Å². The highest BCUT2D eigenvalue weighted by Crippen LogP contribution is 2.23. The van der Waals surface area contributed by atoms with Crippen LogP contribution in [0.2, 0.25) is 0 Å². The summed E-state index contributed by atoms with van der Waals surface area (Å²) in [5.41, 5.74) is 7.24. The molecule has 0 saturated heterocycles. The lowest BCUT2D eigenvalue weighted by Gasteiger charge is -2.08. The zero-order chi connectivity index (χ0) is 25.0. The highest BCUT2D eigenvalue weighted by molar-refractivity contribution is 5.92. The average molecular weight is 483 g/mol. The van der Waals surface area contributed by atoms with Crippen molar-refractivity contribution < 1.29 is 4.79 Å². The van der Waals surface area contributed by atoms with E-state index in [1.54, 1.807) is 16.9 Å². The molecular formula is C30H22N6O. The molecule has 0 fully saturated rings. The lowest BCUT2D eigenvalue weighted by molar-refractivity contribution is -0.115. The number of nitrogens with one attached hydrogen (secondary N) is 1. The number of benzene rings is 3. The summed E-state index contributed by atoms with van der Waals surface area (Å²) >= 11 is 0. The Kier molecular flexibility index (Phi) is 5.93. The summed E-state index contributed by atoms with van der Waals surface area (Å²) in [4.78, 5) is 16.7. The number of aromatic nitrogens is 5. The molecule has 0 aliphatic carbocycles. The van der Waals surface area contributed by atoms with Gasteiger partial charge in [-0.15, -0.1) is 10.2 Å². The molecule has 7 heteroatoms. The van der Waals surface area contributed by atoms with E-state index in [0.717, 1.165) is 39.2 Å². The summed E-state index contributed by atoms with van der Waals surface area (Å²) < 4.78 is 1.73. The predicted molar refractivity (Wildman–Crippen MR) is 144 cm³/mol. The van der Waals surface area contributed by atoms with Gasteiger partial charge in [-0.2, -0.15) is 9.61 Å². The fourth-order valence-electron chi connectivity index (χ4n) is 4.18. The van der Waals surface area contributed by atoms with Gasteiger partial charge in [0, 0.05) is 29.2 Å². The second-order valence-corrected chi connectivity index (χ2v) is 8.61. The number of amides is 1. The van der Waals surface area contributed by atoms with Crippen LogP contribution in [0.25, 0.3) is 39.4 Å². The van der Waals surface area contributed by atoms with E-state index in [2.05, 4.69) is 32.6 Å². The number of rotatable bonds is 6. The fraction of sp³-hybridized carbons (Fsp3) is 0.0333. The Hall–Kier alpha value is -5.17. The van der Waals surface area contributed by atoms with Crippen molar-refractivity contribution in [1.82, 2.24) is 24.8 Å². The number of hydrogen-bond acceptors (Lipinski definition) is 5. The molecule has 7 nitrogen and oxygen atoms in total. The molecule has 1 N–H and O–H groups in total. The summed E-state index contributed by atoms with van der Waals surface area (Å²) in [7, 11) is 0. The monoisotopic (exact) mass is 482 g/mol. The van der Waals surface area contributed by atoms with Crippen molar-refractivity contribution in [2.24, 2.45) is 0 Å². The van der Waals surface area contributed by atoms with Crippen molar-refractivity contribution >= 4 is 17.2 Å². The maximum Gasteiger partial charge on any atom is 0.228 e.